The number of nitroso groups, excluding NO2 is 1. The monoisotopic (exact) mass is 352 g/mol. The third-order valence-corrected chi connectivity index (χ3v) is 4.82. The number of hydrogen-bond donors (Lipinski definition) is 1. The first kappa shape index (κ1) is 16.3. The van der Waals surface area contributed by atoms with Crippen LogP contribution in [0.3, 0.4) is 0 Å². The highest BCUT2D eigenvalue weighted by Crippen LogP contribution is 2.42. The maximum atomic E-state index is 13.9. The van der Waals surface area contributed by atoms with Crippen LogP contribution in [0.2, 0.25) is 0 Å². The molecule has 2 unspecified atom stereocenters. The average molecular weight is 352 g/mol. The number of nitrogen functional groups attached to an aromatic ring is 1. The molecule has 2 heterocycles. The summed E-state index contributed by atoms with van der Waals surface area (Å²) in [4.78, 5) is 19.7. The van der Waals surface area contributed by atoms with Gasteiger partial charge >= 0.3 is 0 Å². The van der Waals surface area contributed by atoms with Crippen molar-refractivity contribution in [2.45, 2.75) is 24.8 Å². The molecule has 3 aromatic rings. The van der Waals surface area contributed by atoms with Crippen molar-refractivity contribution < 1.29 is 4.39 Å². The lowest BCUT2D eigenvalue weighted by atomic mass is 9.78. The first-order valence-corrected chi connectivity index (χ1v) is 8.27. The highest BCUT2D eigenvalue weighted by atomic mass is 19.1. The van der Waals surface area contributed by atoms with Crippen LogP contribution in [0, 0.1) is 10.7 Å². The minimum atomic E-state index is -0.545. The summed E-state index contributed by atoms with van der Waals surface area (Å²) in [5, 5.41) is 7.43. The van der Waals surface area contributed by atoms with E-state index in [1.165, 1.54) is 12.1 Å². The smallest absolute Gasteiger partial charge is 0.220 e. The number of nitrogens with zero attached hydrogens (tertiary/aromatic N) is 5. The Hall–Kier alpha value is -3.16. The average Bonchev–Trinajstić information content (AvgIpc) is 3.06. The van der Waals surface area contributed by atoms with Crippen LogP contribution in [-0.2, 0) is 13.5 Å². The van der Waals surface area contributed by atoms with Crippen molar-refractivity contribution in [2.24, 2.45) is 12.2 Å². The van der Waals surface area contributed by atoms with Crippen LogP contribution < -0.4 is 5.73 Å². The Morgan fingerprint density at radius 3 is 2.88 bits per heavy atom. The van der Waals surface area contributed by atoms with E-state index < -0.39 is 6.04 Å². The minimum absolute atomic E-state index is 0.0321. The van der Waals surface area contributed by atoms with Gasteiger partial charge in [0.25, 0.3) is 0 Å². The van der Waals surface area contributed by atoms with Gasteiger partial charge in [-0.15, -0.1) is 0 Å². The van der Waals surface area contributed by atoms with Crippen LogP contribution >= 0.6 is 0 Å². The van der Waals surface area contributed by atoms with Gasteiger partial charge in [-0.1, -0.05) is 11.2 Å². The molecule has 4 rings (SSSR count). The van der Waals surface area contributed by atoms with Gasteiger partial charge in [0.05, 0.1) is 11.9 Å². The largest absolute Gasteiger partial charge is 0.368 e. The maximum Gasteiger partial charge on any atom is 0.220 e. The van der Waals surface area contributed by atoms with E-state index in [4.69, 9.17) is 5.73 Å². The molecule has 7 nitrogen and oxygen atoms in total. The Labute approximate surface area is 149 Å². The highest BCUT2D eigenvalue weighted by molar-refractivity contribution is 5.67. The molecule has 0 aliphatic heterocycles. The summed E-state index contributed by atoms with van der Waals surface area (Å²) in [6.45, 7) is 0. The van der Waals surface area contributed by atoms with E-state index in [1.807, 2.05) is 13.2 Å². The molecule has 26 heavy (non-hydrogen) atoms. The zero-order chi connectivity index (χ0) is 18.3. The molecule has 1 aliphatic rings. The topological polar surface area (TPSA) is 99.0 Å². The molecule has 0 saturated heterocycles. The summed E-state index contributed by atoms with van der Waals surface area (Å²) in [6, 6.07) is 4.15. The van der Waals surface area contributed by atoms with Crippen molar-refractivity contribution in [3.63, 3.8) is 0 Å². The number of rotatable bonds is 3. The number of aryl methyl sites for hydroxylation is 1. The molecule has 0 radical (unpaired) electrons. The second-order valence-corrected chi connectivity index (χ2v) is 6.52. The van der Waals surface area contributed by atoms with Gasteiger partial charge < -0.3 is 5.73 Å². The summed E-state index contributed by atoms with van der Waals surface area (Å²) in [7, 11) is 1.81. The van der Waals surface area contributed by atoms with E-state index in [0.717, 1.165) is 27.9 Å². The molecule has 2 aromatic heterocycles. The Bertz CT molecular complexity index is 986. The van der Waals surface area contributed by atoms with E-state index in [1.54, 1.807) is 23.1 Å². The molecule has 2 atom stereocenters. The van der Waals surface area contributed by atoms with E-state index in [9.17, 15) is 9.30 Å². The Morgan fingerprint density at radius 1 is 1.31 bits per heavy atom. The van der Waals surface area contributed by atoms with Gasteiger partial charge in [0.2, 0.25) is 5.95 Å². The van der Waals surface area contributed by atoms with Gasteiger partial charge in [0.15, 0.2) is 0 Å². The normalized spacial score (nSPS) is 19.2. The fourth-order valence-electron chi connectivity index (χ4n) is 3.63. The van der Waals surface area contributed by atoms with Crippen LogP contribution in [0.4, 0.5) is 10.3 Å². The summed E-state index contributed by atoms with van der Waals surface area (Å²) in [5.41, 5.74) is 9.67. The zero-order valence-corrected chi connectivity index (χ0v) is 14.1. The number of nitrogens with two attached hydrogens (primary N) is 1. The standard InChI is InChI=1S/C18H17FN6O/c1-25-9-11(7-22-25)14-6-12(19)2-3-13(14)10-4-16-15(17(5-10)24-26)8-21-18(20)23-16/h2-3,6-10,17H,4-5H2,1H3,(H2,20,21,23). The summed E-state index contributed by atoms with van der Waals surface area (Å²) >= 11 is 0. The third-order valence-electron chi connectivity index (χ3n) is 4.82. The quantitative estimate of drug-likeness (QED) is 0.730. The van der Waals surface area contributed by atoms with Gasteiger partial charge in [-0.05, 0) is 42.0 Å². The van der Waals surface area contributed by atoms with Gasteiger partial charge in [0.1, 0.15) is 11.9 Å². The molecule has 8 heteroatoms. The summed E-state index contributed by atoms with van der Waals surface area (Å²) in [5.74, 6) is -0.184. The fraction of sp³-hybridized carbons (Fsp3) is 0.278. The molecule has 0 bridgehead atoms. The number of hydrogen-bond acceptors (Lipinski definition) is 6. The molecule has 1 aliphatic carbocycles. The second-order valence-electron chi connectivity index (χ2n) is 6.52. The molecule has 0 saturated carbocycles. The molecule has 132 valence electrons. The van der Waals surface area contributed by atoms with Crippen LogP contribution in [0.25, 0.3) is 11.1 Å². The number of anilines is 1. The van der Waals surface area contributed by atoms with Gasteiger partial charge in [-0.3, -0.25) is 4.68 Å². The highest BCUT2D eigenvalue weighted by Gasteiger charge is 2.32. The van der Waals surface area contributed by atoms with E-state index in [2.05, 4.69) is 20.2 Å². The van der Waals surface area contributed by atoms with Crippen LogP contribution in [0.1, 0.15) is 35.2 Å². The fourth-order valence-corrected chi connectivity index (χ4v) is 3.63. The molecular formula is C18H17FN6O. The van der Waals surface area contributed by atoms with Gasteiger partial charge in [0, 0.05) is 30.6 Å². The molecule has 1 aromatic carbocycles. The lowest BCUT2D eigenvalue weighted by molar-refractivity contribution is 0.492. The van der Waals surface area contributed by atoms with Crippen molar-refractivity contribution in [1.29, 1.82) is 0 Å². The van der Waals surface area contributed by atoms with Crippen molar-refractivity contribution in [1.82, 2.24) is 19.7 Å². The molecule has 0 spiro atoms. The summed E-state index contributed by atoms with van der Waals surface area (Å²) < 4.78 is 15.6. The SMILES string of the molecule is Cn1cc(-c2cc(F)ccc2C2Cc3nc(N)ncc3C(N=O)C2)cn1. The Kier molecular flexibility index (Phi) is 3.95. The van der Waals surface area contributed by atoms with Crippen LogP contribution in [0.15, 0.2) is 42.0 Å². The van der Waals surface area contributed by atoms with E-state index >= 15 is 0 Å². The lowest BCUT2D eigenvalue weighted by Crippen LogP contribution is -2.19. The lowest BCUT2D eigenvalue weighted by Gasteiger charge is -2.28. The Balaban J connectivity index is 1.80. The summed E-state index contributed by atoms with van der Waals surface area (Å²) in [6.07, 6.45) is 6.22. The first-order chi connectivity index (χ1) is 12.5. The molecular weight excluding hydrogens is 335 g/mol. The first-order valence-electron chi connectivity index (χ1n) is 8.27. The van der Waals surface area contributed by atoms with E-state index in [0.29, 0.717) is 12.8 Å². The van der Waals surface area contributed by atoms with E-state index in [-0.39, 0.29) is 17.7 Å². The zero-order valence-electron chi connectivity index (χ0n) is 14.1. The van der Waals surface area contributed by atoms with Crippen LogP contribution in [0.5, 0.6) is 0 Å². The molecule has 0 amide bonds. The predicted molar refractivity (Wildman–Crippen MR) is 94.6 cm³/mol. The van der Waals surface area contributed by atoms with Crippen molar-refractivity contribution >= 4 is 5.95 Å². The van der Waals surface area contributed by atoms with Crippen molar-refractivity contribution in [2.75, 3.05) is 5.73 Å². The molecule has 0 fully saturated rings. The van der Waals surface area contributed by atoms with Crippen LogP contribution in [-0.4, -0.2) is 19.7 Å². The maximum absolute atomic E-state index is 13.9. The number of aromatic nitrogens is 4. The van der Waals surface area contributed by atoms with Gasteiger partial charge in [-0.25, -0.2) is 14.4 Å². The second kappa shape index (κ2) is 6.29. The minimum Gasteiger partial charge on any atom is -0.368 e. The predicted octanol–water partition coefficient (Wildman–Crippen LogP) is 3.14. The Morgan fingerprint density at radius 2 is 2.15 bits per heavy atom. The number of benzene rings is 1. The molecule has 2 N–H and O–H groups in total. The van der Waals surface area contributed by atoms with Gasteiger partial charge in [-0.2, -0.15) is 10.0 Å². The number of fused-ring (bicyclic) bond motifs is 1. The number of halogens is 1. The third kappa shape index (κ3) is 2.83. The van der Waals surface area contributed by atoms with Crippen molar-refractivity contribution in [3.8, 4) is 11.1 Å². The van der Waals surface area contributed by atoms with Crippen molar-refractivity contribution in [3.05, 3.63) is 64.3 Å².